The van der Waals surface area contributed by atoms with Gasteiger partial charge in [0, 0.05) is 25.0 Å². The van der Waals surface area contributed by atoms with Gasteiger partial charge in [-0.2, -0.15) is 0 Å². The van der Waals surface area contributed by atoms with Crippen molar-refractivity contribution < 1.29 is 24.6 Å². The summed E-state index contributed by atoms with van der Waals surface area (Å²) in [6.45, 7) is 0.886. The first kappa shape index (κ1) is 15.8. The molecule has 0 heterocycles. The van der Waals surface area contributed by atoms with Crippen molar-refractivity contribution >= 4 is 17.8 Å². The first-order valence-corrected chi connectivity index (χ1v) is 7.41. The van der Waals surface area contributed by atoms with Crippen molar-refractivity contribution in [2.45, 2.75) is 50.6 Å². The molecule has 2 fully saturated rings. The van der Waals surface area contributed by atoms with Crippen molar-refractivity contribution in [3.05, 3.63) is 0 Å². The molecule has 2 saturated carbocycles. The number of rotatable bonds is 9. The molecule has 0 aromatic carbocycles. The van der Waals surface area contributed by atoms with E-state index in [9.17, 15) is 14.4 Å². The van der Waals surface area contributed by atoms with Crippen molar-refractivity contribution in [2.24, 2.45) is 5.92 Å². The lowest BCUT2D eigenvalue weighted by molar-refractivity contribution is -0.140. The van der Waals surface area contributed by atoms with E-state index in [1.54, 1.807) is 0 Å². The molecule has 0 radical (unpaired) electrons. The van der Waals surface area contributed by atoms with E-state index in [1.807, 2.05) is 4.90 Å². The van der Waals surface area contributed by atoms with E-state index in [2.05, 4.69) is 5.32 Å². The minimum Gasteiger partial charge on any atom is -0.481 e. The topological polar surface area (TPSA) is 107 Å². The molecule has 2 aliphatic carbocycles. The van der Waals surface area contributed by atoms with Crippen LogP contribution in [0.25, 0.3) is 0 Å². The van der Waals surface area contributed by atoms with Crippen LogP contribution in [0.3, 0.4) is 0 Å². The molecule has 0 atom stereocenters. The molecule has 0 spiro atoms. The number of hydrogen-bond donors (Lipinski definition) is 3. The maximum atomic E-state index is 11.5. The Labute approximate surface area is 123 Å². The number of nitrogens with zero attached hydrogens (tertiary/aromatic N) is 1. The molecule has 0 unspecified atom stereocenters. The molecule has 0 aliphatic heterocycles. The Bertz CT molecular complexity index is 416. The predicted octanol–water partition coefficient (Wildman–Crippen LogP) is 0.295. The fourth-order valence-electron chi connectivity index (χ4n) is 2.67. The van der Waals surface area contributed by atoms with E-state index in [0.29, 0.717) is 5.92 Å². The third-order valence-electron chi connectivity index (χ3n) is 4.09. The SMILES string of the molecule is O=C(O)CCC(=O)NC1CC(N(CC(=O)O)CC2CC2)C1. The Morgan fingerprint density at radius 1 is 1.05 bits per heavy atom. The minimum atomic E-state index is -0.978. The van der Waals surface area contributed by atoms with E-state index in [0.717, 1.165) is 19.4 Å². The number of amides is 1. The second-order valence-electron chi connectivity index (χ2n) is 6.05. The zero-order valence-corrected chi connectivity index (χ0v) is 12.0. The maximum Gasteiger partial charge on any atom is 0.317 e. The summed E-state index contributed by atoms with van der Waals surface area (Å²) in [7, 11) is 0. The van der Waals surface area contributed by atoms with Gasteiger partial charge in [0.05, 0.1) is 13.0 Å². The standard InChI is InChI=1S/C14H22N2O5/c17-12(3-4-13(18)19)15-10-5-11(6-10)16(8-14(20)21)7-9-1-2-9/h9-11H,1-8H2,(H,15,17)(H,18,19)(H,20,21). The van der Waals surface area contributed by atoms with Crippen molar-refractivity contribution in [1.82, 2.24) is 10.2 Å². The van der Waals surface area contributed by atoms with Crippen LogP contribution in [0.4, 0.5) is 0 Å². The van der Waals surface area contributed by atoms with Crippen molar-refractivity contribution in [3.8, 4) is 0 Å². The van der Waals surface area contributed by atoms with Gasteiger partial charge in [0.25, 0.3) is 0 Å². The van der Waals surface area contributed by atoms with Gasteiger partial charge in [0.2, 0.25) is 5.91 Å². The number of carbonyl (C=O) groups is 3. The van der Waals surface area contributed by atoms with E-state index >= 15 is 0 Å². The molecular formula is C14H22N2O5. The summed E-state index contributed by atoms with van der Waals surface area (Å²) in [6, 6.07) is 0.262. The molecule has 7 nitrogen and oxygen atoms in total. The predicted molar refractivity (Wildman–Crippen MR) is 73.8 cm³/mol. The summed E-state index contributed by atoms with van der Waals surface area (Å²) >= 11 is 0. The quantitative estimate of drug-likeness (QED) is 0.565. The lowest BCUT2D eigenvalue weighted by Gasteiger charge is -2.42. The van der Waals surface area contributed by atoms with Crippen molar-refractivity contribution in [3.63, 3.8) is 0 Å². The van der Waals surface area contributed by atoms with Gasteiger partial charge in [0.15, 0.2) is 0 Å². The van der Waals surface area contributed by atoms with Gasteiger partial charge in [-0.15, -0.1) is 0 Å². The van der Waals surface area contributed by atoms with E-state index < -0.39 is 11.9 Å². The van der Waals surface area contributed by atoms with Crippen LogP contribution < -0.4 is 5.32 Å². The Morgan fingerprint density at radius 3 is 2.24 bits per heavy atom. The second-order valence-corrected chi connectivity index (χ2v) is 6.05. The van der Waals surface area contributed by atoms with E-state index in [4.69, 9.17) is 10.2 Å². The van der Waals surface area contributed by atoms with Gasteiger partial charge in [-0.3, -0.25) is 19.3 Å². The highest BCUT2D eigenvalue weighted by Gasteiger charge is 2.37. The number of hydrogen-bond acceptors (Lipinski definition) is 4. The lowest BCUT2D eigenvalue weighted by atomic mass is 9.85. The molecule has 0 bridgehead atoms. The Kier molecular flexibility index (Phi) is 5.17. The maximum absolute atomic E-state index is 11.5. The summed E-state index contributed by atoms with van der Waals surface area (Å²) < 4.78 is 0. The third kappa shape index (κ3) is 5.34. The lowest BCUT2D eigenvalue weighted by Crippen LogP contribution is -2.55. The highest BCUT2D eigenvalue weighted by molar-refractivity contribution is 5.80. The Balaban J connectivity index is 1.69. The fourth-order valence-corrected chi connectivity index (χ4v) is 2.67. The molecule has 118 valence electrons. The molecule has 3 N–H and O–H groups in total. The molecule has 21 heavy (non-hydrogen) atoms. The number of carboxylic acids is 2. The normalized spacial score (nSPS) is 24.4. The number of carboxylic acid groups (broad SMARTS) is 2. The van der Waals surface area contributed by atoms with Crippen LogP contribution in [0.1, 0.15) is 38.5 Å². The number of nitrogens with one attached hydrogen (secondary N) is 1. The van der Waals surface area contributed by atoms with Crippen LogP contribution in [0.5, 0.6) is 0 Å². The third-order valence-corrected chi connectivity index (χ3v) is 4.09. The van der Waals surface area contributed by atoms with Crippen molar-refractivity contribution in [2.75, 3.05) is 13.1 Å². The first-order chi connectivity index (χ1) is 9.94. The summed E-state index contributed by atoms with van der Waals surface area (Å²) in [4.78, 5) is 34.8. The molecule has 7 heteroatoms. The van der Waals surface area contributed by atoms with E-state index in [1.165, 1.54) is 12.8 Å². The zero-order chi connectivity index (χ0) is 15.4. The molecule has 2 rings (SSSR count). The average molecular weight is 298 g/mol. The van der Waals surface area contributed by atoms with Gasteiger partial charge in [0.1, 0.15) is 0 Å². The van der Waals surface area contributed by atoms with Crippen LogP contribution in [0.15, 0.2) is 0 Å². The second kappa shape index (κ2) is 6.89. The van der Waals surface area contributed by atoms with Crippen LogP contribution >= 0.6 is 0 Å². The molecular weight excluding hydrogens is 276 g/mol. The molecule has 0 aromatic rings. The molecule has 0 aromatic heterocycles. The average Bonchev–Trinajstić information content (AvgIpc) is 3.13. The highest BCUT2D eigenvalue weighted by Crippen LogP contribution is 2.33. The minimum absolute atomic E-state index is 0.00257. The van der Waals surface area contributed by atoms with Crippen LogP contribution in [0.2, 0.25) is 0 Å². The highest BCUT2D eigenvalue weighted by atomic mass is 16.4. The Morgan fingerprint density at radius 2 is 1.71 bits per heavy atom. The zero-order valence-electron chi connectivity index (χ0n) is 12.0. The Hall–Kier alpha value is -1.63. The van der Waals surface area contributed by atoms with Gasteiger partial charge >= 0.3 is 11.9 Å². The summed E-state index contributed by atoms with van der Waals surface area (Å²) in [5, 5.41) is 20.3. The summed E-state index contributed by atoms with van der Waals surface area (Å²) in [5.74, 6) is -1.40. The van der Waals surface area contributed by atoms with E-state index in [-0.39, 0.29) is 37.4 Å². The van der Waals surface area contributed by atoms with Crippen LogP contribution in [0, 0.1) is 5.92 Å². The van der Waals surface area contributed by atoms with Gasteiger partial charge in [-0.1, -0.05) is 0 Å². The van der Waals surface area contributed by atoms with Crippen LogP contribution in [-0.2, 0) is 14.4 Å². The summed E-state index contributed by atoms with van der Waals surface area (Å²) in [5.41, 5.74) is 0. The number of aliphatic carboxylic acids is 2. The smallest absolute Gasteiger partial charge is 0.317 e. The van der Waals surface area contributed by atoms with Gasteiger partial charge < -0.3 is 15.5 Å². The van der Waals surface area contributed by atoms with Crippen LogP contribution in [-0.4, -0.2) is 58.1 Å². The largest absolute Gasteiger partial charge is 0.481 e. The molecule has 2 aliphatic rings. The van der Waals surface area contributed by atoms with Gasteiger partial charge in [-0.05, 0) is 31.6 Å². The number of carbonyl (C=O) groups excluding carboxylic acids is 1. The van der Waals surface area contributed by atoms with Crippen molar-refractivity contribution in [1.29, 1.82) is 0 Å². The summed E-state index contributed by atoms with van der Waals surface area (Å²) in [6.07, 6.45) is 3.69. The first-order valence-electron chi connectivity index (χ1n) is 7.41. The monoisotopic (exact) mass is 298 g/mol. The molecule has 0 saturated heterocycles. The van der Waals surface area contributed by atoms with Gasteiger partial charge in [-0.25, -0.2) is 0 Å². The molecule has 1 amide bonds. The fraction of sp³-hybridized carbons (Fsp3) is 0.786.